The molecule has 0 bridgehead atoms. The number of benzene rings is 1. The van der Waals surface area contributed by atoms with Gasteiger partial charge in [-0.1, -0.05) is 0 Å². The summed E-state index contributed by atoms with van der Waals surface area (Å²) in [7, 11) is 1.55. The zero-order chi connectivity index (χ0) is 13.0. The van der Waals surface area contributed by atoms with Crippen LogP contribution in [0.15, 0.2) is 18.2 Å². The highest BCUT2D eigenvalue weighted by atomic mass is 19.1. The first-order valence-electron chi connectivity index (χ1n) is 5.14. The molecule has 0 aliphatic heterocycles. The molecule has 17 heavy (non-hydrogen) atoms. The van der Waals surface area contributed by atoms with Crippen molar-refractivity contribution in [2.45, 2.75) is 19.5 Å². The lowest BCUT2D eigenvalue weighted by molar-refractivity contribution is -0.131. The summed E-state index contributed by atoms with van der Waals surface area (Å²) >= 11 is 0. The van der Waals surface area contributed by atoms with E-state index in [4.69, 9.17) is 11.0 Å². The van der Waals surface area contributed by atoms with Gasteiger partial charge in [0.1, 0.15) is 5.82 Å². The Morgan fingerprint density at radius 3 is 2.82 bits per heavy atom. The second-order valence-electron chi connectivity index (χ2n) is 3.90. The van der Waals surface area contributed by atoms with Crippen LogP contribution in [0.5, 0.6) is 0 Å². The summed E-state index contributed by atoms with van der Waals surface area (Å²) in [5.74, 6) is -0.708. The molecule has 0 heterocycles. The number of nitrogens with zero attached hydrogens (tertiary/aromatic N) is 2. The van der Waals surface area contributed by atoms with Crippen molar-refractivity contribution in [1.29, 1.82) is 5.26 Å². The van der Waals surface area contributed by atoms with Crippen LogP contribution in [0.4, 0.5) is 4.39 Å². The van der Waals surface area contributed by atoms with E-state index in [2.05, 4.69) is 0 Å². The molecule has 1 amide bonds. The van der Waals surface area contributed by atoms with Crippen LogP contribution in [0, 0.1) is 17.1 Å². The molecule has 0 radical (unpaired) electrons. The van der Waals surface area contributed by atoms with Crippen LogP contribution in [-0.2, 0) is 11.3 Å². The average molecular weight is 235 g/mol. The standard InChI is InChI=1S/C12H14FN3O/c1-8(15)12(17)16(2)7-10-5-9(6-14)3-4-11(10)13/h3-5,8H,7,15H2,1-2H3/t8-/m0/s1. The first kappa shape index (κ1) is 13.1. The molecule has 0 aliphatic rings. The van der Waals surface area contributed by atoms with Crippen molar-refractivity contribution in [1.82, 2.24) is 4.90 Å². The summed E-state index contributed by atoms with van der Waals surface area (Å²) in [6.07, 6.45) is 0. The number of nitrogens with two attached hydrogens (primary N) is 1. The van der Waals surface area contributed by atoms with Crippen LogP contribution in [0.1, 0.15) is 18.1 Å². The Labute approximate surface area is 99.4 Å². The number of amides is 1. The molecule has 0 unspecified atom stereocenters. The molecular weight excluding hydrogens is 221 g/mol. The van der Waals surface area contributed by atoms with Crippen LogP contribution in [0.3, 0.4) is 0 Å². The number of rotatable bonds is 3. The minimum absolute atomic E-state index is 0.0989. The molecule has 0 spiro atoms. The molecular formula is C12H14FN3O. The number of nitriles is 1. The highest BCUT2D eigenvalue weighted by Gasteiger charge is 2.15. The van der Waals surface area contributed by atoms with Crippen LogP contribution < -0.4 is 5.73 Å². The van der Waals surface area contributed by atoms with Gasteiger partial charge >= 0.3 is 0 Å². The molecule has 0 aliphatic carbocycles. The zero-order valence-corrected chi connectivity index (χ0v) is 9.77. The van der Waals surface area contributed by atoms with Gasteiger partial charge in [0, 0.05) is 19.2 Å². The first-order valence-corrected chi connectivity index (χ1v) is 5.14. The van der Waals surface area contributed by atoms with Crippen molar-refractivity contribution in [3.05, 3.63) is 35.1 Å². The number of carbonyl (C=O) groups is 1. The fourth-order valence-corrected chi connectivity index (χ4v) is 1.45. The molecule has 1 rings (SSSR count). The largest absolute Gasteiger partial charge is 0.340 e. The molecule has 1 aromatic rings. The van der Waals surface area contributed by atoms with E-state index in [-0.39, 0.29) is 12.5 Å². The lowest BCUT2D eigenvalue weighted by atomic mass is 10.1. The Balaban J connectivity index is 2.88. The van der Waals surface area contributed by atoms with Gasteiger partial charge in [0.25, 0.3) is 0 Å². The van der Waals surface area contributed by atoms with E-state index in [1.807, 2.05) is 6.07 Å². The molecule has 5 heteroatoms. The molecule has 90 valence electrons. The first-order chi connectivity index (χ1) is 7.95. The molecule has 0 fully saturated rings. The summed E-state index contributed by atoms with van der Waals surface area (Å²) < 4.78 is 13.5. The third kappa shape index (κ3) is 3.26. The van der Waals surface area contributed by atoms with Crippen molar-refractivity contribution in [2.24, 2.45) is 5.73 Å². The lowest BCUT2D eigenvalue weighted by Crippen LogP contribution is -2.39. The van der Waals surface area contributed by atoms with Gasteiger partial charge < -0.3 is 10.6 Å². The quantitative estimate of drug-likeness (QED) is 0.849. The van der Waals surface area contributed by atoms with Crippen molar-refractivity contribution in [2.75, 3.05) is 7.05 Å². The van der Waals surface area contributed by atoms with E-state index in [1.54, 1.807) is 14.0 Å². The van der Waals surface area contributed by atoms with Gasteiger partial charge in [-0.25, -0.2) is 4.39 Å². The fraction of sp³-hybridized carbons (Fsp3) is 0.333. The molecule has 0 saturated carbocycles. The number of halogens is 1. The molecule has 1 atom stereocenters. The van der Waals surface area contributed by atoms with E-state index in [1.165, 1.54) is 23.1 Å². The molecule has 4 nitrogen and oxygen atoms in total. The topological polar surface area (TPSA) is 70.1 Å². The number of hydrogen-bond donors (Lipinski definition) is 1. The minimum Gasteiger partial charge on any atom is -0.340 e. The smallest absolute Gasteiger partial charge is 0.239 e. The van der Waals surface area contributed by atoms with Gasteiger partial charge in [0.15, 0.2) is 0 Å². The second-order valence-corrected chi connectivity index (χ2v) is 3.90. The average Bonchev–Trinajstić information content (AvgIpc) is 2.30. The van der Waals surface area contributed by atoms with Crippen molar-refractivity contribution >= 4 is 5.91 Å². The second kappa shape index (κ2) is 5.41. The Hall–Kier alpha value is -1.93. The summed E-state index contributed by atoms with van der Waals surface area (Å²) in [6.45, 7) is 1.67. The summed E-state index contributed by atoms with van der Waals surface area (Å²) in [5.41, 5.74) is 6.12. The lowest BCUT2D eigenvalue weighted by Gasteiger charge is -2.19. The van der Waals surface area contributed by atoms with Crippen molar-refractivity contribution < 1.29 is 9.18 Å². The minimum atomic E-state index is -0.623. The summed E-state index contributed by atoms with van der Waals surface area (Å²) in [5, 5.41) is 8.71. The molecule has 2 N–H and O–H groups in total. The van der Waals surface area contributed by atoms with Crippen molar-refractivity contribution in [3.8, 4) is 6.07 Å². The zero-order valence-electron chi connectivity index (χ0n) is 9.77. The maximum absolute atomic E-state index is 13.5. The predicted molar refractivity (Wildman–Crippen MR) is 61.2 cm³/mol. The Morgan fingerprint density at radius 1 is 1.65 bits per heavy atom. The van der Waals surface area contributed by atoms with Crippen LogP contribution >= 0.6 is 0 Å². The Kier molecular flexibility index (Phi) is 4.18. The maximum Gasteiger partial charge on any atom is 0.239 e. The van der Waals surface area contributed by atoms with E-state index in [0.29, 0.717) is 11.1 Å². The normalized spacial score (nSPS) is 11.7. The molecule has 0 aromatic heterocycles. The van der Waals surface area contributed by atoms with Crippen LogP contribution in [-0.4, -0.2) is 23.9 Å². The number of hydrogen-bond acceptors (Lipinski definition) is 3. The van der Waals surface area contributed by atoms with E-state index in [9.17, 15) is 9.18 Å². The Morgan fingerprint density at radius 2 is 2.29 bits per heavy atom. The summed E-state index contributed by atoms with van der Waals surface area (Å²) in [6, 6.07) is 5.35. The maximum atomic E-state index is 13.5. The van der Waals surface area contributed by atoms with E-state index >= 15 is 0 Å². The number of likely N-dealkylation sites (N-methyl/N-ethyl adjacent to an activating group) is 1. The van der Waals surface area contributed by atoms with Crippen molar-refractivity contribution in [3.63, 3.8) is 0 Å². The molecule has 0 saturated heterocycles. The van der Waals surface area contributed by atoms with E-state index in [0.717, 1.165) is 0 Å². The monoisotopic (exact) mass is 235 g/mol. The third-order valence-electron chi connectivity index (χ3n) is 2.35. The highest BCUT2D eigenvalue weighted by molar-refractivity contribution is 5.80. The highest BCUT2D eigenvalue weighted by Crippen LogP contribution is 2.12. The fourth-order valence-electron chi connectivity index (χ4n) is 1.45. The predicted octanol–water partition coefficient (Wildman–Crippen LogP) is 1.00. The van der Waals surface area contributed by atoms with Gasteiger partial charge in [-0.2, -0.15) is 5.26 Å². The number of carbonyl (C=O) groups excluding carboxylic acids is 1. The van der Waals surface area contributed by atoms with Gasteiger partial charge in [0.2, 0.25) is 5.91 Å². The van der Waals surface area contributed by atoms with E-state index < -0.39 is 11.9 Å². The van der Waals surface area contributed by atoms with Crippen LogP contribution in [0.25, 0.3) is 0 Å². The van der Waals surface area contributed by atoms with Gasteiger partial charge in [-0.3, -0.25) is 4.79 Å². The molecule has 1 aromatic carbocycles. The van der Waals surface area contributed by atoms with Gasteiger partial charge in [-0.05, 0) is 25.1 Å². The SMILES string of the molecule is C[C@H](N)C(=O)N(C)Cc1cc(C#N)ccc1F. The van der Waals surface area contributed by atoms with Gasteiger partial charge in [0.05, 0.1) is 17.7 Å². The van der Waals surface area contributed by atoms with Crippen LogP contribution in [0.2, 0.25) is 0 Å². The Bertz CT molecular complexity index is 465. The third-order valence-corrected chi connectivity index (χ3v) is 2.35. The van der Waals surface area contributed by atoms with Gasteiger partial charge in [-0.15, -0.1) is 0 Å². The summed E-state index contributed by atoms with van der Waals surface area (Å²) in [4.78, 5) is 12.9.